The third-order valence-electron chi connectivity index (χ3n) is 2.84. The number of rotatable bonds is 4. The van der Waals surface area contributed by atoms with Gasteiger partial charge in [0.05, 0.1) is 0 Å². The summed E-state index contributed by atoms with van der Waals surface area (Å²) >= 11 is 0. The minimum Gasteiger partial charge on any atom is -0.353 e. The molecule has 0 atom stereocenters. The van der Waals surface area contributed by atoms with Crippen molar-refractivity contribution in [3.63, 3.8) is 0 Å². The quantitative estimate of drug-likeness (QED) is 0.817. The maximum Gasteiger partial charge on any atom is 0.129 e. The molecule has 0 unspecified atom stereocenters. The van der Waals surface area contributed by atoms with Crippen LogP contribution in [-0.2, 0) is 6.54 Å². The van der Waals surface area contributed by atoms with E-state index in [-0.39, 0.29) is 5.82 Å². The number of aryl methyl sites for hydroxylation is 1. The highest BCUT2D eigenvalue weighted by atomic mass is 19.1. The fourth-order valence-electron chi connectivity index (χ4n) is 1.92. The van der Waals surface area contributed by atoms with Crippen molar-refractivity contribution in [3.05, 3.63) is 59.5 Å². The first-order chi connectivity index (χ1) is 8.69. The van der Waals surface area contributed by atoms with Crippen molar-refractivity contribution in [2.75, 3.05) is 11.4 Å². The summed E-state index contributed by atoms with van der Waals surface area (Å²) in [6.45, 7) is 5.56. The van der Waals surface area contributed by atoms with Crippen LogP contribution in [-0.4, -0.2) is 11.5 Å². The summed E-state index contributed by atoms with van der Waals surface area (Å²) in [5.41, 5.74) is 1.95. The van der Waals surface area contributed by atoms with Crippen LogP contribution in [0.5, 0.6) is 0 Å². The minimum atomic E-state index is -0.194. The predicted molar refractivity (Wildman–Crippen MR) is 72.1 cm³/mol. The second-order valence-corrected chi connectivity index (χ2v) is 4.28. The van der Waals surface area contributed by atoms with Crippen LogP contribution in [0.25, 0.3) is 0 Å². The fraction of sp³-hybridized carbons (Fsp3) is 0.267. The molecule has 0 aliphatic carbocycles. The zero-order chi connectivity index (χ0) is 13.0. The Kier molecular flexibility index (Phi) is 3.92. The predicted octanol–water partition coefficient (Wildman–Crippen LogP) is 3.56. The smallest absolute Gasteiger partial charge is 0.129 e. The molecule has 0 aliphatic heterocycles. The molecule has 94 valence electrons. The molecule has 0 spiro atoms. The Morgan fingerprint density at radius 2 is 1.94 bits per heavy atom. The molecule has 1 heterocycles. The van der Waals surface area contributed by atoms with Crippen LogP contribution in [0.1, 0.15) is 18.2 Å². The van der Waals surface area contributed by atoms with Gasteiger partial charge in [0.25, 0.3) is 0 Å². The van der Waals surface area contributed by atoms with Gasteiger partial charge in [0.1, 0.15) is 11.6 Å². The summed E-state index contributed by atoms with van der Waals surface area (Å²) in [6, 6.07) is 12.6. The lowest BCUT2D eigenvalue weighted by atomic mass is 10.2. The highest BCUT2D eigenvalue weighted by Gasteiger charge is 2.07. The first-order valence-corrected chi connectivity index (χ1v) is 6.12. The van der Waals surface area contributed by atoms with Gasteiger partial charge >= 0.3 is 0 Å². The molecular weight excluding hydrogens is 227 g/mol. The number of nitrogens with zero attached hydrogens (tertiary/aromatic N) is 2. The van der Waals surface area contributed by atoms with Gasteiger partial charge in [-0.05, 0) is 43.7 Å². The lowest BCUT2D eigenvalue weighted by molar-refractivity contribution is 0.624. The monoisotopic (exact) mass is 244 g/mol. The molecule has 0 N–H and O–H groups in total. The average molecular weight is 244 g/mol. The third kappa shape index (κ3) is 3.06. The molecule has 0 saturated heterocycles. The average Bonchev–Trinajstić information content (AvgIpc) is 2.36. The topological polar surface area (TPSA) is 16.1 Å². The van der Waals surface area contributed by atoms with Gasteiger partial charge < -0.3 is 4.90 Å². The molecule has 1 aromatic heterocycles. The number of hydrogen-bond acceptors (Lipinski definition) is 2. The Balaban J connectivity index is 2.19. The first-order valence-electron chi connectivity index (χ1n) is 6.12. The first kappa shape index (κ1) is 12.6. The zero-order valence-electron chi connectivity index (χ0n) is 10.7. The van der Waals surface area contributed by atoms with Crippen LogP contribution in [0.3, 0.4) is 0 Å². The molecule has 0 saturated carbocycles. The summed E-state index contributed by atoms with van der Waals surface area (Å²) in [6.07, 6.45) is 0. The maximum atomic E-state index is 13.2. The summed E-state index contributed by atoms with van der Waals surface area (Å²) in [4.78, 5) is 6.62. The lowest BCUT2D eigenvalue weighted by Gasteiger charge is -2.22. The summed E-state index contributed by atoms with van der Waals surface area (Å²) in [5, 5.41) is 0. The van der Waals surface area contributed by atoms with E-state index in [0.29, 0.717) is 6.54 Å². The van der Waals surface area contributed by atoms with Crippen LogP contribution in [0.15, 0.2) is 42.5 Å². The van der Waals surface area contributed by atoms with E-state index < -0.39 is 0 Å². The van der Waals surface area contributed by atoms with Gasteiger partial charge in [0.15, 0.2) is 0 Å². The molecule has 0 aliphatic rings. The van der Waals surface area contributed by atoms with E-state index in [1.807, 2.05) is 31.2 Å². The molecular formula is C15H17FN2. The normalized spacial score (nSPS) is 10.4. The van der Waals surface area contributed by atoms with Crippen molar-refractivity contribution >= 4 is 5.82 Å². The van der Waals surface area contributed by atoms with Gasteiger partial charge in [-0.2, -0.15) is 0 Å². The molecule has 0 radical (unpaired) electrons. The second kappa shape index (κ2) is 5.63. The minimum absolute atomic E-state index is 0.194. The van der Waals surface area contributed by atoms with Gasteiger partial charge in [-0.1, -0.05) is 18.2 Å². The molecule has 18 heavy (non-hydrogen) atoms. The van der Waals surface area contributed by atoms with Crippen molar-refractivity contribution in [2.24, 2.45) is 0 Å². The molecule has 0 fully saturated rings. The highest BCUT2D eigenvalue weighted by Crippen LogP contribution is 2.15. The van der Waals surface area contributed by atoms with E-state index >= 15 is 0 Å². The van der Waals surface area contributed by atoms with Gasteiger partial charge in [-0.25, -0.2) is 9.37 Å². The number of pyridine rings is 1. The molecule has 1 aromatic carbocycles. The van der Waals surface area contributed by atoms with E-state index in [9.17, 15) is 4.39 Å². The van der Waals surface area contributed by atoms with Crippen LogP contribution < -0.4 is 4.90 Å². The van der Waals surface area contributed by atoms with Gasteiger partial charge in [0.2, 0.25) is 0 Å². The molecule has 2 nitrogen and oxygen atoms in total. The van der Waals surface area contributed by atoms with Crippen molar-refractivity contribution in [1.82, 2.24) is 4.98 Å². The highest BCUT2D eigenvalue weighted by molar-refractivity contribution is 5.40. The van der Waals surface area contributed by atoms with Crippen LogP contribution >= 0.6 is 0 Å². The Labute approximate surface area is 107 Å². The Hall–Kier alpha value is -1.90. The number of hydrogen-bond donors (Lipinski definition) is 0. The van der Waals surface area contributed by atoms with Crippen molar-refractivity contribution < 1.29 is 4.39 Å². The summed E-state index contributed by atoms with van der Waals surface area (Å²) in [7, 11) is 0. The third-order valence-corrected chi connectivity index (χ3v) is 2.84. The fourth-order valence-corrected chi connectivity index (χ4v) is 1.92. The van der Waals surface area contributed by atoms with E-state index in [1.54, 1.807) is 12.1 Å². The number of benzene rings is 1. The Morgan fingerprint density at radius 3 is 2.61 bits per heavy atom. The number of anilines is 1. The van der Waals surface area contributed by atoms with Crippen LogP contribution in [0, 0.1) is 12.7 Å². The molecule has 3 heteroatoms. The van der Waals surface area contributed by atoms with Crippen molar-refractivity contribution in [2.45, 2.75) is 20.4 Å². The Bertz CT molecular complexity index is 525. The largest absolute Gasteiger partial charge is 0.353 e. The lowest BCUT2D eigenvalue weighted by Crippen LogP contribution is -2.23. The molecule has 2 aromatic rings. The maximum absolute atomic E-state index is 13.2. The number of halogens is 1. The van der Waals surface area contributed by atoms with Gasteiger partial charge in [-0.15, -0.1) is 0 Å². The van der Waals surface area contributed by atoms with E-state index in [0.717, 1.165) is 23.6 Å². The van der Waals surface area contributed by atoms with Gasteiger partial charge in [-0.3, -0.25) is 0 Å². The van der Waals surface area contributed by atoms with Crippen molar-refractivity contribution in [3.8, 4) is 0 Å². The molecule has 2 rings (SSSR count). The van der Waals surface area contributed by atoms with Crippen LogP contribution in [0.2, 0.25) is 0 Å². The van der Waals surface area contributed by atoms with Crippen molar-refractivity contribution in [1.29, 1.82) is 0 Å². The standard InChI is InChI=1S/C15H17FN2/c1-3-18(15-9-4-6-12(2)17-15)11-13-7-5-8-14(16)10-13/h4-10H,3,11H2,1-2H3. The SMILES string of the molecule is CCN(Cc1cccc(F)c1)c1cccc(C)n1. The van der Waals surface area contributed by atoms with E-state index in [1.165, 1.54) is 6.07 Å². The second-order valence-electron chi connectivity index (χ2n) is 4.28. The molecule has 0 amide bonds. The molecule has 0 bridgehead atoms. The number of aromatic nitrogens is 1. The van der Waals surface area contributed by atoms with Gasteiger partial charge in [0, 0.05) is 18.8 Å². The Morgan fingerprint density at radius 1 is 1.17 bits per heavy atom. The summed E-state index contributed by atoms with van der Waals surface area (Å²) in [5.74, 6) is 0.738. The zero-order valence-corrected chi connectivity index (χ0v) is 10.7. The van der Waals surface area contributed by atoms with Crippen LogP contribution in [0.4, 0.5) is 10.2 Å². The summed E-state index contributed by atoms with van der Waals surface area (Å²) < 4.78 is 13.2. The van der Waals surface area contributed by atoms with E-state index in [2.05, 4.69) is 16.8 Å². The van der Waals surface area contributed by atoms with E-state index in [4.69, 9.17) is 0 Å².